The first-order valence-electron chi connectivity index (χ1n) is 6.69. The number of nitrogens with zero attached hydrogens (tertiary/aromatic N) is 1. The molecule has 1 rings (SSSR count). The predicted octanol–water partition coefficient (Wildman–Crippen LogP) is 2.89. The maximum absolute atomic E-state index is 12.3. The zero-order valence-electron chi connectivity index (χ0n) is 12.7. The molecule has 0 spiro atoms. The van der Waals surface area contributed by atoms with E-state index in [9.17, 15) is 9.00 Å². The molecule has 1 heterocycles. The van der Waals surface area contributed by atoms with E-state index >= 15 is 0 Å². The van der Waals surface area contributed by atoms with Gasteiger partial charge in [-0.2, -0.15) is 0 Å². The largest absolute Gasteiger partial charge is 0.466 e. The molecule has 21 heavy (non-hydrogen) atoms. The van der Waals surface area contributed by atoms with Crippen molar-refractivity contribution in [2.75, 3.05) is 6.61 Å². The van der Waals surface area contributed by atoms with E-state index in [0.29, 0.717) is 12.3 Å². The summed E-state index contributed by atoms with van der Waals surface area (Å²) in [5.41, 5.74) is 0.648. The number of halogens is 1. The van der Waals surface area contributed by atoms with Crippen LogP contribution in [-0.2, 0) is 20.5 Å². The summed E-state index contributed by atoms with van der Waals surface area (Å²) in [6.07, 6.45) is 1.72. The van der Waals surface area contributed by atoms with E-state index in [1.165, 1.54) is 0 Å². The molecule has 0 amide bonds. The Morgan fingerprint density at radius 1 is 1.52 bits per heavy atom. The molecule has 2 atom stereocenters. The van der Waals surface area contributed by atoms with Gasteiger partial charge < -0.3 is 4.74 Å². The lowest BCUT2D eigenvalue weighted by atomic mass is 10.1. The van der Waals surface area contributed by atoms with E-state index in [4.69, 9.17) is 4.74 Å². The van der Waals surface area contributed by atoms with Crippen LogP contribution in [0.4, 0.5) is 0 Å². The van der Waals surface area contributed by atoms with Crippen LogP contribution in [-0.4, -0.2) is 26.5 Å². The quantitative estimate of drug-likeness (QED) is 0.774. The van der Waals surface area contributed by atoms with E-state index in [1.54, 1.807) is 25.3 Å². The number of pyridine rings is 1. The molecule has 0 aliphatic heterocycles. The van der Waals surface area contributed by atoms with Gasteiger partial charge in [-0.05, 0) is 39.8 Å². The van der Waals surface area contributed by atoms with Crippen LogP contribution < -0.4 is 4.72 Å². The molecule has 1 aromatic rings. The fourth-order valence-corrected chi connectivity index (χ4v) is 2.68. The molecule has 0 aliphatic rings. The van der Waals surface area contributed by atoms with Crippen molar-refractivity contribution < 1.29 is 13.7 Å². The van der Waals surface area contributed by atoms with Crippen molar-refractivity contribution in [1.29, 1.82) is 0 Å². The van der Waals surface area contributed by atoms with Crippen molar-refractivity contribution in [3.8, 4) is 0 Å². The van der Waals surface area contributed by atoms with Crippen molar-refractivity contribution in [2.45, 2.75) is 44.9 Å². The molecule has 1 aromatic heterocycles. The van der Waals surface area contributed by atoms with Crippen molar-refractivity contribution >= 4 is 32.9 Å². The molecule has 0 aromatic carbocycles. The summed E-state index contributed by atoms with van der Waals surface area (Å²) in [6.45, 7) is 7.68. The van der Waals surface area contributed by atoms with E-state index in [2.05, 4.69) is 25.6 Å². The van der Waals surface area contributed by atoms with Crippen molar-refractivity contribution in [2.24, 2.45) is 0 Å². The fourth-order valence-electron chi connectivity index (χ4n) is 1.51. The maximum atomic E-state index is 12.3. The van der Waals surface area contributed by atoms with Crippen LogP contribution in [0.1, 0.15) is 45.9 Å². The minimum atomic E-state index is -1.31. The van der Waals surface area contributed by atoms with Crippen LogP contribution in [0.3, 0.4) is 0 Å². The molecule has 0 saturated carbocycles. The summed E-state index contributed by atoms with van der Waals surface area (Å²) < 4.78 is 20.7. The van der Waals surface area contributed by atoms with Gasteiger partial charge in [-0.1, -0.05) is 15.9 Å². The minimum Gasteiger partial charge on any atom is -0.466 e. The highest BCUT2D eigenvalue weighted by Gasteiger charge is 2.26. The van der Waals surface area contributed by atoms with Gasteiger partial charge in [0.2, 0.25) is 0 Å². The van der Waals surface area contributed by atoms with Gasteiger partial charge in [0.25, 0.3) is 0 Å². The molecule has 0 bridgehead atoms. The first kappa shape index (κ1) is 18.3. The second-order valence-electron chi connectivity index (χ2n) is 5.46. The molecule has 2 unspecified atom stereocenters. The standard InChI is InChI=1S/C14H21BrN2O3S/c1-5-20-13(18)9-12(17-21(19)14(2,3)4)11-8-10(15)6-7-16-11/h6-8,12,17H,5,9H2,1-4H3. The van der Waals surface area contributed by atoms with Gasteiger partial charge in [-0.3, -0.25) is 9.78 Å². The summed E-state index contributed by atoms with van der Waals surface area (Å²) in [7, 11) is -1.31. The molecule has 118 valence electrons. The van der Waals surface area contributed by atoms with Gasteiger partial charge in [-0.25, -0.2) is 8.93 Å². The number of esters is 1. The van der Waals surface area contributed by atoms with Gasteiger partial charge >= 0.3 is 5.97 Å². The third-order valence-electron chi connectivity index (χ3n) is 2.58. The number of rotatable bonds is 6. The molecular formula is C14H21BrN2O3S. The first-order valence-corrected chi connectivity index (χ1v) is 8.63. The van der Waals surface area contributed by atoms with E-state index < -0.39 is 21.8 Å². The SMILES string of the molecule is CCOC(=O)CC(NS(=O)C(C)(C)C)c1cc(Br)ccn1. The molecular weight excluding hydrogens is 356 g/mol. The topological polar surface area (TPSA) is 68.3 Å². The van der Waals surface area contributed by atoms with Crippen LogP contribution >= 0.6 is 15.9 Å². The second-order valence-corrected chi connectivity index (χ2v) is 8.37. The molecule has 5 nitrogen and oxygen atoms in total. The van der Waals surface area contributed by atoms with Crippen molar-refractivity contribution in [3.63, 3.8) is 0 Å². The van der Waals surface area contributed by atoms with Crippen molar-refractivity contribution in [3.05, 3.63) is 28.5 Å². The summed E-state index contributed by atoms with van der Waals surface area (Å²) in [5, 5.41) is 0. The Morgan fingerprint density at radius 2 is 2.19 bits per heavy atom. The number of aromatic nitrogens is 1. The summed E-state index contributed by atoms with van der Waals surface area (Å²) in [5.74, 6) is -0.345. The van der Waals surface area contributed by atoms with Gasteiger partial charge in [0.15, 0.2) is 0 Å². The average Bonchev–Trinajstić information content (AvgIpc) is 2.37. The van der Waals surface area contributed by atoms with Crippen molar-refractivity contribution in [1.82, 2.24) is 9.71 Å². The highest BCUT2D eigenvalue weighted by molar-refractivity contribution is 9.10. The number of carbonyl (C=O) groups excluding carboxylic acids is 1. The Labute approximate surface area is 136 Å². The lowest BCUT2D eigenvalue weighted by molar-refractivity contribution is -0.143. The zero-order chi connectivity index (χ0) is 16.0. The Bertz CT molecular complexity index is 517. The lowest BCUT2D eigenvalue weighted by Crippen LogP contribution is -2.37. The van der Waals surface area contributed by atoms with Gasteiger partial charge in [-0.15, -0.1) is 0 Å². The third-order valence-corrected chi connectivity index (χ3v) is 4.69. The molecule has 7 heteroatoms. The minimum absolute atomic E-state index is 0.0825. The number of hydrogen-bond acceptors (Lipinski definition) is 4. The number of carbonyl (C=O) groups is 1. The lowest BCUT2D eigenvalue weighted by Gasteiger charge is -2.23. The highest BCUT2D eigenvalue weighted by Crippen LogP contribution is 2.22. The number of nitrogens with one attached hydrogen (secondary N) is 1. The summed E-state index contributed by atoms with van der Waals surface area (Å²) in [4.78, 5) is 16.0. The summed E-state index contributed by atoms with van der Waals surface area (Å²) >= 11 is 3.37. The normalized spacial score (nSPS) is 14.5. The van der Waals surface area contributed by atoms with Crippen LogP contribution in [0.5, 0.6) is 0 Å². The number of ether oxygens (including phenoxy) is 1. The van der Waals surface area contributed by atoms with Gasteiger partial charge in [0, 0.05) is 10.7 Å². The highest BCUT2D eigenvalue weighted by atomic mass is 79.9. The van der Waals surface area contributed by atoms with Gasteiger partial charge in [0.05, 0.1) is 40.5 Å². The third kappa shape index (κ3) is 6.23. The molecule has 0 aliphatic carbocycles. The predicted molar refractivity (Wildman–Crippen MR) is 87.0 cm³/mol. The molecule has 0 saturated heterocycles. The molecule has 0 fully saturated rings. The van der Waals surface area contributed by atoms with Gasteiger partial charge in [0.1, 0.15) is 0 Å². The van der Waals surface area contributed by atoms with Crippen LogP contribution in [0.15, 0.2) is 22.8 Å². The average molecular weight is 377 g/mol. The van der Waals surface area contributed by atoms with Crippen LogP contribution in [0.2, 0.25) is 0 Å². The second kappa shape index (κ2) is 8.00. The molecule has 1 N–H and O–H groups in total. The summed E-state index contributed by atoms with van der Waals surface area (Å²) in [6, 6.07) is 3.14. The Morgan fingerprint density at radius 3 is 2.71 bits per heavy atom. The monoisotopic (exact) mass is 376 g/mol. The zero-order valence-corrected chi connectivity index (χ0v) is 15.1. The molecule has 0 radical (unpaired) electrons. The Hall–Kier alpha value is -0.790. The van der Waals surface area contributed by atoms with Crippen LogP contribution in [0.25, 0.3) is 0 Å². The van der Waals surface area contributed by atoms with E-state index in [0.717, 1.165) is 4.47 Å². The fraction of sp³-hybridized carbons (Fsp3) is 0.571. The Kier molecular flexibility index (Phi) is 6.96. The first-order chi connectivity index (χ1) is 9.74. The smallest absolute Gasteiger partial charge is 0.307 e. The van der Waals surface area contributed by atoms with E-state index in [-0.39, 0.29) is 12.4 Å². The maximum Gasteiger partial charge on any atom is 0.307 e. The van der Waals surface area contributed by atoms with E-state index in [1.807, 2.05) is 20.8 Å². The Balaban J connectivity index is 2.94. The number of hydrogen-bond donors (Lipinski definition) is 1. The van der Waals surface area contributed by atoms with Crippen LogP contribution in [0, 0.1) is 0 Å².